The molecule has 108 valence electrons. The third kappa shape index (κ3) is 2.58. The number of carbonyl (C=O) groups excluding carboxylic acids is 1. The van der Waals surface area contributed by atoms with Crippen LogP contribution in [-0.4, -0.2) is 30.8 Å². The van der Waals surface area contributed by atoms with E-state index in [2.05, 4.69) is 0 Å². The predicted octanol–water partition coefficient (Wildman–Crippen LogP) is 2.27. The standard InChI is InChI=1S/C16H21NO3/c18-15-6-3-9-17(14-5-2-1-4-13(14)15)16(19)12-7-10-20-11-8-12/h1-2,4-5,12,15,18H,3,6-11H2. The van der Waals surface area contributed by atoms with Crippen molar-refractivity contribution < 1.29 is 14.6 Å². The zero-order chi connectivity index (χ0) is 13.9. The summed E-state index contributed by atoms with van der Waals surface area (Å²) < 4.78 is 5.34. The van der Waals surface area contributed by atoms with E-state index in [1.165, 1.54) is 0 Å². The molecular formula is C16H21NO3. The highest BCUT2D eigenvalue weighted by Crippen LogP contribution is 2.34. The predicted molar refractivity (Wildman–Crippen MR) is 76.5 cm³/mol. The summed E-state index contributed by atoms with van der Waals surface area (Å²) >= 11 is 0. The number of para-hydroxylation sites is 1. The van der Waals surface area contributed by atoms with E-state index in [-0.39, 0.29) is 11.8 Å². The molecule has 2 aliphatic rings. The Labute approximate surface area is 119 Å². The molecule has 1 saturated heterocycles. The highest BCUT2D eigenvalue weighted by Gasteiger charge is 2.30. The van der Waals surface area contributed by atoms with Gasteiger partial charge in [0.1, 0.15) is 0 Å². The van der Waals surface area contributed by atoms with Gasteiger partial charge < -0.3 is 14.7 Å². The monoisotopic (exact) mass is 275 g/mol. The smallest absolute Gasteiger partial charge is 0.230 e. The molecule has 1 fully saturated rings. The van der Waals surface area contributed by atoms with Gasteiger partial charge in [-0.05, 0) is 31.7 Å². The van der Waals surface area contributed by atoms with Crippen molar-refractivity contribution in [2.75, 3.05) is 24.7 Å². The minimum absolute atomic E-state index is 0.0621. The summed E-state index contributed by atoms with van der Waals surface area (Å²) in [4.78, 5) is 14.6. The molecule has 1 amide bonds. The first kappa shape index (κ1) is 13.6. The number of fused-ring (bicyclic) bond motifs is 1. The lowest BCUT2D eigenvalue weighted by Gasteiger charge is -2.29. The Hall–Kier alpha value is -1.39. The van der Waals surface area contributed by atoms with Gasteiger partial charge in [0.2, 0.25) is 5.91 Å². The number of aliphatic hydroxyl groups is 1. The maximum absolute atomic E-state index is 12.8. The Balaban J connectivity index is 1.88. The second-order valence-corrected chi connectivity index (χ2v) is 5.59. The first-order valence-electron chi connectivity index (χ1n) is 7.43. The van der Waals surface area contributed by atoms with Crippen LogP contribution in [0.25, 0.3) is 0 Å². The molecule has 1 N–H and O–H groups in total. The van der Waals surface area contributed by atoms with E-state index in [9.17, 15) is 9.90 Å². The molecule has 20 heavy (non-hydrogen) atoms. The molecule has 1 unspecified atom stereocenters. The van der Waals surface area contributed by atoms with Crippen LogP contribution < -0.4 is 4.90 Å². The van der Waals surface area contributed by atoms with Crippen LogP contribution in [0.5, 0.6) is 0 Å². The van der Waals surface area contributed by atoms with Crippen molar-refractivity contribution in [3.05, 3.63) is 29.8 Å². The number of carbonyl (C=O) groups is 1. The first-order valence-corrected chi connectivity index (χ1v) is 7.43. The summed E-state index contributed by atoms with van der Waals surface area (Å²) in [7, 11) is 0. The van der Waals surface area contributed by atoms with Crippen molar-refractivity contribution in [1.82, 2.24) is 0 Å². The average molecular weight is 275 g/mol. The SMILES string of the molecule is O=C(C1CCOCC1)N1CCCC(O)c2ccccc21. The lowest BCUT2D eigenvalue weighted by Crippen LogP contribution is -2.39. The summed E-state index contributed by atoms with van der Waals surface area (Å²) in [5, 5.41) is 10.2. The van der Waals surface area contributed by atoms with Gasteiger partial charge in [0.05, 0.1) is 6.10 Å². The van der Waals surface area contributed by atoms with Crippen molar-refractivity contribution >= 4 is 11.6 Å². The molecule has 2 aliphatic heterocycles. The summed E-state index contributed by atoms with van der Waals surface area (Å²) in [5.74, 6) is 0.252. The Morgan fingerprint density at radius 2 is 1.95 bits per heavy atom. The van der Waals surface area contributed by atoms with Crippen molar-refractivity contribution in [2.24, 2.45) is 5.92 Å². The molecule has 4 heteroatoms. The number of rotatable bonds is 1. The van der Waals surface area contributed by atoms with Crippen LogP contribution in [-0.2, 0) is 9.53 Å². The van der Waals surface area contributed by atoms with Crippen molar-refractivity contribution in [3.8, 4) is 0 Å². The second kappa shape index (κ2) is 5.94. The van der Waals surface area contributed by atoms with Crippen LogP contribution in [0.4, 0.5) is 5.69 Å². The first-order chi connectivity index (χ1) is 9.77. The van der Waals surface area contributed by atoms with E-state index < -0.39 is 6.10 Å². The highest BCUT2D eigenvalue weighted by atomic mass is 16.5. The largest absolute Gasteiger partial charge is 0.388 e. The molecule has 1 aromatic rings. The lowest BCUT2D eigenvalue weighted by molar-refractivity contribution is -0.125. The van der Waals surface area contributed by atoms with Crippen LogP contribution >= 0.6 is 0 Å². The second-order valence-electron chi connectivity index (χ2n) is 5.59. The van der Waals surface area contributed by atoms with Crippen molar-refractivity contribution in [3.63, 3.8) is 0 Å². The Bertz CT molecular complexity index is 482. The molecule has 0 bridgehead atoms. The van der Waals surface area contributed by atoms with Gasteiger partial charge in [-0.15, -0.1) is 0 Å². The number of hydrogen-bond donors (Lipinski definition) is 1. The number of anilines is 1. The molecule has 1 aromatic carbocycles. The van der Waals surface area contributed by atoms with Crippen molar-refractivity contribution in [1.29, 1.82) is 0 Å². The Morgan fingerprint density at radius 3 is 2.75 bits per heavy atom. The molecule has 0 saturated carbocycles. The number of amides is 1. The number of nitrogens with zero attached hydrogens (tertiary/aromatic N) is 1. The fourth-order valence-electron chi connectivity index (χ4n) is 3.13. The summed E-state index contributed by atoms with van der Waals surface area (Å²) in [5.41, 5.74) is 1.76. The van der Waals surface area contributed by atoms with Gasteiger partial charge in [0.25, 0.3) is 0 Å². The third-order valence-corrected chi connectivity index (χ3v) is 4.28. The zero-order valence-corrected chi connectivity index (χ0v) is 11.6. The zero-order valence-electron chi connectivity index (χ0n) is 11.6. The number of benzene rings is 1. The van der Waals surface area contributed by atoms with E-state index in [0.717, 1.165) is 30.5 Å². The van der Waals surface area contributed by atoms with Crippen LogP contribution in [0.1, 0.15) is 37.4 Å². The van der Waals surface area contributed by atoms with Crippen molar-refractivity contribution in [2.45, 2.75) is 31.8 Å². The lowest BCUT2D eigenvalue weighted by atomic mass is 9.98. The molecule has 1 atom stereocenters. The quantitative estimate of drug-likeness (QED) is 0.855. The van der Waals surface area contributed by atoms with Gasteiger partial charge in [-0.1, -0.05) is 18.2 Å². The molecule has 2 heterocycles. The van der Waals surface area contributed by atoms with E-state index >= 15 is 0 Å². The summed E-state index contributed by atoms with van der Waals surface area (Å²) in [6.07, 6.45) is 2.71. The van der Waals surface area contributed by atoms with E-state index in [4.69, 9.17) is 4.74 Å². The van der Waals surface area contributed by atoms with Gasteiger partial charge in [-0.2, -0.15) is 0 Å². The Kier molecular flexibility index (Phi) is 4.03. The number of aliphatic hydroxyl groups excluding tert-OH is 1. The summed E-state index contributed by atoms with van der Waals surface area (Å²) in [6.45, 7) is 2.05. The molecular weight excluding hydrogens is 254 g/mol. The van der Waals surface area contributed by atoms with E-state index in [0.29, 0.717) is 26.2 Å². The maximum atomic E-state index is 12.8. The molecule has 0 spiro atoms. The fourth-order valence-corrected chi connectivity index (χ4v) is 3.13. The topological polar surface area (TPSA) is 49.8 Å². The van der Waals surface area contributed by atoms with Gasteiger partial charge in [0.15, 0.2) is 0 Å². The minimum atomic E-state index is -0.460. The van der Waals surface area contributed by atoms with Crippen LogP contribution in [0, 0.1) is 5.92 Å². The fraction of sp³-hybridized carbons (Fsp3) is 0.562. The Morgan fingerprint density at radius 1 is 1.20 bits per heavy atom. The molecule has 4 nitrogen and oxygen atoms in total. The van der Waals surface area contributed by atoms with Gasteiger partial charge >= 0.3 is 0 Å². The number of ether oxygens (including phenoxy) is 1. The van der Waals surface area contributed by atoms with E-state index in [1.807, 2.05) is 29.2 Å². The van der Waals surface area contributed by atoms with Gasteiger partial charge in [0, 0.05) is 36.9 Å². The molecule has 0 aliphatic carbocycles. The summed E-state index contributed by atoms with van der Waals surface area (Å²) in [6, 6.07) is 7.72. The van der Waals surface area contributed by atoms with Crippen LogP contribution in [0.2, 0.25) is 0 Å². The third-order valence-electron chi connectivity index (χ3n) is 4.28. The van der Waals surface area contributed by atoms with Gasteiger partial charge in [-0.25, -0.2) is 0 Å². The average Bonchev–Trinajstić information content (AvgIpc) is 2.67. The normalized spacial score (nSPS) is 24.1. The van der Waals surface area contributed by atoms with Gasteiger partial charge in [-0.3, -0.25) is 4.79 Å². The maximum Gasteiger partial charge on any atom is 0.230 e. The molecule has 3 rings (SSSR count). The minimum Gasteiger partial charge on any atom is -0.388 e. The van der Waals surface area contributed by atoms with Crippen LogP contribution in [0.3, 0.4) is 0 Å². The molecule has 0 aromatic heterocycles. The molecule has 0 radical (unpaired) electrons. The highest BCUT2D eigenvalue weighted by molar-refractivity contribution is 5.96. The van der Waals surface area contributed by atoms with Crippen LogP contribution in [0.15, 0.2) is 24.3 Å². The van der Waals surface area contributed by atoms with E-state index in [1.54, 1.807) is 0 Å². The number of hydrogen-bond acceptors (Lipinski definition) is 3.